The summed E-state index contributed by atoms with van der Waals surface area (Å²) in [6.45, 7) is 0. The molecular weight excluding hydrogens is 523 g/mol. The van der Waals surface area contributed by atoms with E-state index in [0.29, 0.717) is 11.3 Å². The first-order valence-electron chi connectivity index (χ1n) is 12.7. The van der Waals surface area contributed by atoms with Crippen molar-refractivity contribution in [1.29, 1.82) is 0 Å². The summed E-state index contributed by atoms with van der Waals surface area (Å²) >= 11 is 0. The van der Waals surface area contributed by atoms with E-state index < -0.39 is 76.2 Å². The van der Waals surface area contributed by atoms with Gasteiger partial charge in [-0.15, -0.1) is 0 Å². The molecule has 11 nitrogen and oxygen atoms in total. The Balaban J connectivity index is 1.50. The Labute approximate surface area is 227 Å². The summed E-state index contributed by atoms with van der Waals surface area (Å²) in [5, 5.41) is 16.1. The molecule has 0 aliphatic heterocycles. The molecule has 0 heterocycles. The maximum Gasteiger partial charge on any atom is 0.323 e. The van der Waals surface area contributed by atoms with E-state index in [1.54, 1.807) is 19.0 Å². The molecule has 5 rings (SSSR count). The second-order valence-corrected chi connectivity index (χ2v) is 10.7. The highest BCUT2D eigenvalue weighted by Crippen LogP contribution is 2.51. The fourth-order valence-corrected chi connectivity index (χ4v) is 6.38. The van der Waals surface area contributed by atoms with Gasteiger partial charge in [-0.05, 0) is 54.5 Å². The van der Waals surface area contributed by atoms with Crippen molar-refractivity contribution in [2.24, 2.45) is 35.3 Å². The van der Waals surface area contributed by atoms with Crippen molar-refractivity contribution in [3.63, 3.8) is 0 Å². The number of halogens is 1. The van der Waals surface area contributed by atoms with E-state index in [-0.39, 0.29) is 36.2 Å². The zero-order chi connectivity index (χ0) is 29.0. The second-order valence-electron chi connectivity index (χ2n) is 10.7. The summed E-state index contributed by atoms with van der Waals surface area (Å²) in [5.74, 6) is -10.6. The van der Waals surface area contributed by atoms with Crippen LogP contribution in [0, 0.1) is 35.4 Å². The predicted molar refractivity (Wildman–Crippen MR) is 140 cm³/mol. The molecule has 2 aromatic carbocycles. The molecule has 208 valence electrons. The number of carbonyl (C=O) groups is 6. The summed E-state index contributed by atoms with van der Waals surface area (Å²) in [6, 6.07) is 5.87. The number of nitrogens with two attached hydrogens (primary N) is 1. The fourth-order valence-electron chi connectivity index (χ4n) is 6.38. The van der Waals surface area contributed by atoms with E-state index >= 15 is 0 Å². The van der Waals surface area contributed by atoms with Gasteiger partial charge in [-0.3, -0.25) is 24.0 Å². The number of nitrogens with zero attached hydrogens (tertiary/aromatic N) is 1. The third-order valence-electron chi connectivity index (χ3n) is 8.01. The van der Waals surface area contributed by atoms with E-state index in [9.17, 15) is 38.3 Å². The Morgan fingerprint density at radius 2 is 1.70 bits per heavy atom. The number of fused-ring (bicyclic) bond motifs is 3. The number of aromatic hydroxyl groups is 1. The molecule has 0 saturated heterocycles. The molecule has 2 aromatic rings. The second kappa shape index (κ2) is 9.85. The number of anilines is 3. The Hall–Kier alpha value is -4.61. The summed E-state index contributed by atoms with van der Waals surface area (Å²) in [7, 11) is 3.43. The first-order chi connectivity index (χ1) is 18.9. The van der Waals surface area contributed by atoms with Gasteiger partial charge in [0.05, 0.1) is 23.1 Å². The lowest BCUT2D eigenvalue weighted by Crippen LogP contribution is -2.56. The summed E-state index contributed by atoms with van der Waals surface area (Å²) < 4.78 is 13.5. The number of ketones is 4. The highest BCUT2D eigenvalue weighted by molar-refractivity contribution is 6.28. The molecule has 40 heavy (non-hydrogen) atoms. The van der Waals surface area contributed by atoms with Gasteiger partial charge in [0.1, 0.15) is 11.6 Å². The molecule has 3 amide bonds. The number of hydrogen-bond donors (Lipinski definition) is 4. The van der Waals surface area contributed by atoms with Gasteiger partial charge >= 0.3 is 6.03 Å². The lowest BCUT2D eigenvalue weighted by Gasteiger charge is -2.44. The number of phenols is 1. The van der Waals surface area contributed by atoms with Gasteiger partial charge in [-0.1, -0.05) is 6.07 Å². The van der Waals surface area contributed by atoms with Gasteiger partial charge in [0.15, 0.2) is 29.1 Å². The van der Waals surface area contributed by atoms with Gasteiger partial charge in [0.2, 0.25) is 5.91 Å². The van der Waals surface area contributed by atoms with Crippen LogP contribution in [0.3, 0.4) is 0 Å². The molecule has 5 atom stereocenters. The van der Waals surface area contributed by atoms with Crippen LogP contribution in [-0.4, -0.2) is 54.3 Å². The van der Waals surface area contributed by atoms with Crippen molar-refractivity contribution < 1.29 is 38.3 Å². The smallest absolute Gasteiger partial charge is 0.323 e. The number of nitrogens with one attached hydrogen (secondary N) is 2. The number of phenolic OH excluding ortho intramolecular Hbond substituents is 1. The Morgan fingerprint density at radius 1 is 1.00 bits per heavy atom. The topological polar surface area (TPSA) is 176 Å². The zero-order valence-corrected chi connectivity index (χ0v) is 21.7. The summed E-state index contributed by atoms with van der Waals surface area (Å²) in [4.78, 5) is 79.1. The third-order valence-corrected chi connectivity index (χ3v) is 8.01. The fraction of sp³-hybridized carbons (Fsp3) is 0.357. The quantitative estimate of drug-likeness (QED) is 0.330. The highest BCUT2D eigenvalue weighted by Gasteiger charge is 2.57. The molecule has 0 radical (unpaired) electrons. The first kappa shape index (κ1) is 27.0. The zero-order valence-electron chi connectivity index (χ0n) is 21.7. The maximum absolute atomic E-state index is 13.8. The van der Waals surface area contributed by atoms with Gasteiger partial charge < -0.3 is 26.4 Å². The van der Waals surface area contributed by atoms with Crippen molar-refractivity contribution in [1.82, 2.24) is 0 Å². The van der Waals surface area contributed by atoms with E-state index in [2.05, 4.69) is 10.6 Å². The van der Waals surface area contributed by atoms with E-state index in [0.717, 1.165) is 6.07 Å². The molecule has 2 fully saturated rings. The maximum atomic E-state index is 13.8. The van der Waals surface area contributed by atoms with Crippen LogP contribution < -0.4 is 21.3 Å². The lowest BCUT2D eigenvalue weighted by atomic mass is 9.56. The average Bonchev–Trinajstić information content (AvgIpc) is 2.84. The molecule has 12 heteroatoms. The number of hydrogen-bond acceptors (Lipinski definition) is 8. The largest absolute Gasteiger partial charge is 0.505 e. The number of amides is 3. The molecule has 0 spiro atoms. The SMILES string of the molecule is CN(C)c1cc(NC(=O)Nc2cccc(F)c2)c(O)c2c1CC1CC3CC(=O)C(C(N)=O)C(=O)C3C(=O)C1C2=O. The highest BCUT2D eigenvalue weighted by atomic mass is 19.1. The number of primary amides is 1. The van der Waals surface area contributed by atoms with Crippen molar-refractivity contribution in [3.05, 3.63) is 47.3 Å². The first-order valence-corrected chi connectivity index (χ1v) is 12.7. The van der Waals surface area contributed by atoms with Gasteiger partial charge in [0.25, 0.3) is 0 Å². The van der Waals surface area contributed by atoms with Crippen LogP contribution in [0.25, 0.3) is 0 Å². The lowest BCUT2D eigenvalue weighted by molar-refractivity contribution is -0.152. The molecule has 0 bridgehead atoms. The number of carbonyl (C=O) groups excluding carboxylic acids is 6. The van der Waals surface area contributed by atoms with Gasteiger partial charge in [-0.25, -0.2) is 9.18 Å². The Bertz CT molecular complexity index is 1500. The van der Waals surface area contributed by atoms with Gasteiger partial charge in [-0.2, -0.15) is 0 Å². The standard InChI is InChI=1S/C28H27FN4O7/c1-33(2)17-10-16(32-28(40)31-14-5-3-4-13(29)9-14)23(35)21-15(17)7-11-6-12-8-18(34)22(27(30)39)26(38)20(12)24(36)19(11)25(21)37/h3-5,9-12,19-20,22,35H,6-8H2,1-2H3,(H2,30,39)(H2,31,32,40). The van der Waals surface area contributed by atoms with E-state index in [1.807, 2.05) is 0 Å². The van der Waals surface area contributed by atoms with Crippen molar-refractivity contribution in [2.45, 2.75) is 19.3 Å². The molecular formula is C28H27FN4O7. The molecule has 5 N–H and O–H groups in total. The minimum Gasteiger partial charge on any atom is -0.505 e. The third kappa shape index (κ3) is 4.38. The van der Waals surface area contributed by atoms with Crippen molar-refractivity contribution in [2.75, 3.05) is 29.6 Å². The minimum atomic E-state index is -1.71. The molecule has 0 aromatic heterocycles. The predicted octanol–water partition coefficient (Wildman–Crippen LogP) is 2.06. The monoisotopic (exact) mass is 550 g/mol. The number of benzene rings is 2. The molecule has 3 aliphatic carbocycles. The van der Waals surface area contributed by atoms with Crippen LogP contribution in [0.5, 0.6) is 5.75 Å². The van der Waals surface area contributed by atoms with Crippen LogP contribution in [-0.2, 0) is 25.6 Å². The van der Waals surface area contributed by atoms with Crippen LogP contribution in [0.15, 0.2) is 30.3 Å². The molecule has 3 aliphatic rings. The number of urea groups is 1. The van der Waals surface area contributed by atoms with E-state index in [1.165, 1.54) is 24.3 Å². The van der Waals surface area contributed by atoms with Crippen molar-refractivity contribution >= 4 is 52.1 Å². The normalized spacial score (nSPS) is 25.4. The Kier molecular flexibility index (Phi) is 6.64. The van der Waals surface area contributed by atoms with E-state index in [4.69, 9.17) is 5.73 Å². The average molecular weight is 551 g/mol. The minimum absolute atomic E-state index is 0.114. The van der Waals surface area contributed by atoms with Crippen molar-refractivity contribution in [3.8, 4) is 5.75 Å². The van der Waals surface area contributed by atoms with Gasteiger partial charge in [0, 0.05) is 31.9 Å². The Morgan fingerprint density at radius 3 is 2.35 bits per heavy atom. The summed E-state index contributed by atoms with van der Waals surface area (Å²) in [5.41, 5.74) is 6.15. The van der Waals surface area contributed by atoms with Crippen LogP contribution in [0.4, 0.5) is 26.2 Å². The van der Waals surface area contributed by atoms with Crippen LogP contribution >= 0.6 is 0 Å². The van der Waals surface area contributed by atoms with Crippen LogP contribution in [0.2, 0.25) is 0 Å². The number of rotatable bonds is 4. The molecule has 2 saturated carbocycles. The van der Waals surface area contributed by atoms with Crippen LogP contribution in [0.1, 0.15) is 28.8 Å². The summed E-state index contributed by atoms with van der Waals surface area (Å²) in [6.07, 6.45) is 0.285. The number of Topliss-reactive ketones (excluding diaryl/α,β-unsaturated/α-hetero) is 4. The molecule has 5 unspecified atom stereocenters.